The van der Waals surface area contributed by atoms with Crippen LogP contribution in [0.1, 0.15) is 33.7 Å². The molecule has 0 aliphatic heterocycles. The van der Waals surface area contributed by atoms with Crippen molar-refractivity contribution in [1.29, 1.82) is 0 Å². The Kier molecular flexibility index (Phi) is 4.26. The van der Waals surface area contributed by atoms with Crippen molar-refractivity contribution in [3.05, 3.63) is 26.2 Å². The van der Waals surface area contributed by atoms with Crippen LogP contribution < -0.4 is 16.6 Å². The first-order chi connectivity index (χ1) is 9.82. The summed E-state index contributed by atoms with van der Waals surface area (Å²) in [5.41, 5.74) is -0.259. The molecule has 2 aromatic rings. The molecule has 0 aromatic carbocycles. The Balaban J connectivity index is 2.62. The molecule has 114 valence electrons. The Morgan fingerprint density at radius 1 is 1.33 bits per heavy atom. The second kappa shape index (κ2) is 5.80. The van der Waals surface area contributed by atoms with Gasteiger partial charge in [0.2, 0.25) is 5.91 Å². The van der Waals surface area contributed by atoms with Crippen LogP contribution in [0.15, 0.2) is 15.0 Å². The highest BCUT2D eigenvalue weighted by molar-refractivity contribution is 7.04. The molecule has 2 heterocycles. The summed E-state index contributed by atoms with van der Waals surface area (Å²) in [6.45, 7) is 7.06. The van der Waals surface area contributed by atoms with Gasteiger partial charge in [-0.25, -0.2) is 4.79 Å². The van der Waals surface area contributed by atoms with Crippen LogP contribution in [-0.2, 0) is 11.3 Å². The average molecular weight is 310 g/mol. The highest BCUT2D eigenvalue weighted by Gasteiger charge is 2.18. The lowest BCUT2D eigenvalue weighted by Gasteiger charge is -2.14. The van der Waals surface area contributed by atoms with Gasteiger partial charge in [-0.1, -0.05) is 0 Å². The number of fused-ring (bicyclic) bond motifs is 1. The van der Waals surface area contributed by atoms with E-state index >= 15 is 0 Å². The predicted octanol–water partition coefficient (Wildman–Crippen LogP) is 0.725. The third-order valence-corrected chi connectivity index (χ3v) is 3.58. The van der Waals surface area contributed by atoms with E-state index in [-0.39, 0.29) is 30.1 Å². The van der Waals surface area contributed by atoms with E-state index in [2.05, 4.69) is 9.69 Å². The van der Waals surface area contributed by atoms with Crippen molar-refractivity contribution in [2.75, 3.05) is 0 Å². The van der Waals surface area contributed by atoms with Gasteiger partial charge in [-0.3, -0.25) is 18.7 Å². The molecule has 0 unspecified atom stereocenters. The minimum absolute atomic E-state index is 0.0136. The second-order valence-electron chi connectivity index (χ2n) is 5.41. The number of nitrogens with zero attached hydrogens (tertiary/aromatic N) is 3. The third kappa shape index (κ3) is 2.90. The summed E-state index contributed by atoms with van der Waals surface area (Å²) in [5, 5.41) is 4.35. The maximum absolute atomic E-state index is 12.5. The molecule has 1 amide bonds. The number of aromatic nitrogens is 3. The summed E-state index contributed by atoms with van der Waals surface area (Å²) in [6, 6.07) is -0.309. The first kappa shape index (κ1) is 15.4. The maximum atomic E-state index is 12.5. The van der Waals surface area contributed by atoms with Crippen molar-refractivity contribution < 1.29 is 4.79 Å². The van der Waals surface area contributed by atoms with Crippen molar-refractivity contribution in [1.82, 2.24) is 18.8 Å². The molecular formula is C13H18N4O3S. The topological polar surface area (TPSA) is 86.0 Å². The molecule has 0 aliphatic rings. The molecule has 2 aromatic heterocycles. The summed E-state index contributed by atoms with van der Waals surface area (Å²) in [4.78, 5) is 36.7. The number of amides is 1. The van der Waals surface area contributed by atoms with Crippen molar-refractivity contribution in [3.8, 4) is 0 Å². The highest BCUT2D eigenvalue weighted by Crippen LogP contribution is 2.10. The Hall–Kier alpha value is -1.96. The summed E-state index contributed by atoms with van der Waals surface area (Å²) >= 11 is 1.10. The Morgan fingerprint density at radius 2 is 2.00 bits per heavy atom. The van der Waals surface area contributed by atoms with Crippen LogP contribution >= 0.6 is 11.5 Å². The highest BCUT2D eigenvalue weighted by atomic mass is 32.1. The Labute approximate surface area is 125 Å². The van der Waals surface area contributed by atoms with Crippen molar-refractivity contribution in [3.63, 3.8) is 0 Å². The van der Waals surface area contributed by atoms with E-state index in [1.165, 1.54) is 4.57 Å². The smallest absolute Gasteiger partial charge is 0.332 e. The summed E-state index contributed by atoms with van der Waals surface area (Å²) in [6.07, 6.45) is 0. The first-order valence-electron chi connectivity index (χ1n) is 6.71. The molecule has 1 N–H and O–H groups in total. The molecule has 21 heavy (non-hydrogen) atoms. The lowest BCUT2D eigenvalue weighted by atomic mass is 10.3. The van der Waals surface area contributed by atoms with Gasteiger partial charge < -0.3 is 5.32 Å². The molecule has 0 saturated carbocycles. The zero-order valence-corrected chi connectivity index (χ0v) is 13.2. The van der Waals surface area contributed by atoms with Gasteiger partial charge in [-0.2, -0.15) is 4.37 Å². The largest absolute Gasteiger partial charge is 0.352 e. The molecule has 0 aliphatic carbocycles. The minimum Gasteiger partial charge on any atom is -0.352 e. The van der Waals surface area contributed by atoms with Crippen LogP contribution in [0.3, 0.4) is 0 Å². The number of carbonyl (C=O) groups is 1. The van der Waals surface area contributed by atoms with Gasteiger partial charge in [0.15, 0.2) is 5.52 Å². The van der Waals surface area contributed by atoms with Gasteiger partial charge in [-0.15, -0.1) is 0 Å². The van der Waals surface area contributed by atoms with E-state index in [0.717, 1.165) is 16.1 Å². The fourth-order valence-electron chi connectivity index (χ4n) is 2.13. The van der Waals surface area contributed by atoms with E-state index in [4.69, 9.17) is 0 Å². The van der Waals surface area contributed by atoms with Crippen LogP contribution in [0.4, 0.5) is 0 Å². The monoisotopic (exact) mass is 310 g/mol. The van der Waals surface area contributed by atoms with E-state index in [0.29, 0.717) is 5.52 Å². The lowest BCUT2D eigenvalue weighted by molar-refractivity contribution is -0.122. The van der Waals surface area contributed by atoms with E-state index in [1.807, 2.05) is 13.8 Å². The summed E-state index contributed by atoms with van der Waals surface area (Å²) in [7, 11) is 0. The van der Waals surface area contributed by atoms with Gasteiger partial charge in [-0.05, 0) is 39.2 Å². The van der Waals surface area contributed by atoms with Crippen LogP contribution in [-0.4, -0.2) is 25.5 Å². The summed E-state index contributed by atoms with van der Waals surface area (Å²) in [5.74, 6) is -0.270. The van der Waals surface area contributed by atoms with Crippen LogP contribution in [0.2, 0.25) is 0 Å². The van der Waals surface area contributed by atoms with E-state index in [9.17, 15) is 14.4 Å². The zero-order valence-electron chi connectivity index (χ0n) is 12.4. The van der Waals surface area contributed by atoms with E-state index in [1.54, 1.807) is 19.2 Å². The Bertz CT molecular complexity index is 785. The molecule has 0 spiro atoms. The third-order valence-electron chi connectivity index (χ3n) is 2.97. The SMILES string of the molecule is CC(C)NC(=O)Cn1c(=O)n(C(C)C)c(=O)c2nscc21. The molecule has 7 nitrogen and oxygen atoms in total. The average Bonchev–Trinajstić information content (AvgIpc) is 2.82. The predicted molar refractivity (Wildman–Crippen MR) is 81.8 cm³/mol. The minimum atomic E-state index is -0.485. The van der Waals surface area contributed by atoms with Gasteiger partial charge in [0.05, 0.1) is 5.52 Å². The maximum Gasteiger partial charge on any atom is 0.332 e. The van der Waals surface area contributed by atoms with Crippen molar-refractivity contribution in [2.24, 2.45) is 0 Å². The molecule has 2 rings (SSSR count). The molecule has 0 bridgehead atoms. The lowest BCUT2D eigenvalue weighted by Crippen LogP contribution is -2.44. The van der Waals surface area contributed by atoms with Gasteiger partial charge in [0.1, 0.15) is 6.54 Å². The molecule has 0 atom stereocenters. The first-order valence-corrected chi connectivity index (χ1v) is 7.55. The number of hydrogen-bond donors (Lipinski definition) is 1. The normalized spacial score (nSPS) is 11.5. The zero-order chi connectivity index (χ0) is 15.7. The standard InChI is InChI=1S/C13H18N4O3S/c1-7(2)14-10(18)5-16-9-6-21-15-11(9)12(19)17(8(3)4)13(16)20/h6-8H,5H2,1-4H3,(H,14,18). The quantitative estimate of drug-likeness (QED) is 0.902. The number of rotatable bonds is 4. The number of nitrogens with one attached hydrogen (secondary N) is 1. The van der Waals surface area contributed by atoms with Gasteiger partial charge in [0, 0.05) is 17.5 Å². The van der Waals surface area contributed by atoms with Gasteiger partial charge in [0.25, 0.3) is 5.56 Å². The molecule has 0 radical (unpaired) electrons. The molecule has 0 saturated heterocycles. The van der Waals surface area contributed by atoms with Crippen LogP contribution in [0.5, 0.6) is 0 Å². The molecule has 8 heteroatoms. The Morgan fingerprint density at radius 3 is 2.57 bits per heavy atom. The van der Waals surface area contributed by atoms with Crippen molar-refractivity contribution >= 4 is 28.5 Å². The fraction of sp³-hybridized carbons (Fsp3) is 0.538. The number of hydrogen-bond acceptors (Lipinski definition) is 5. The van der Waals surface area contributed by atoms with Crippen LogP contribution in [0, 0.1) is 0 Å². The van der Waals surface area contributed by atoms with Crippen LogP contribution in [0.25, 0.3) is 11.0 Å². The molecular weight excluding hydrogens is 292 g/mol. The second-order valence-corrected chi connectivity index (χ2v) is 6.04. The van der Waals surface area contributed by atoms with E-state index < -0.39 is 11.2 Å². The van der Waals surface area contributed by atoms with Crippen molar-refractivity contribution in [2.45, 2.75) is 46.3 Å². The fourth-order valence-corrected chi connectivity index (χ4v) is 2.79. The molecule has 0 fully saturated rings. The van der Waals surface area contributed by atoms with Gasteiger partial charge >= 0.3 is 5.69 Å². The number of carbonyl (C=O) groups excluding carboxylic acids is 1. The summed E-state index contributed by atoms with van der Waals surface area (Å²) < 4.78 is 6.48.